The number of hydrogen-bond donors (Lipinski definition) is 3. The molecule has 0 radical (unpaired) electrons. The largest absolute Gasteiger partial charge is 0.478 e. The normalized spacial score (nSPS) is 13.1. The molecule has 2 aromatic carbocycles. The fourth-order valence-electron chi connectivity index (χ4n) is 2.70. The van der Waals surface area contributed by atoms with Crippen LogP contribution in [0, 0.1) is 0 Å². The maximum absolute atomic E-state index is 13.0. The number of carboxylic acid groups (broad SMARTS) is 1. The number of ketones is 1. The molecule has 1 amide bonds. The van der Waals surface area contributed by atoms with Crippen LogP contribution in [0.2, 0.25) is 0 Å². The van der Waals surface area contributed by atoms with Crippen molar-refractivity contribution in [3.63, 3.8) is 0 Å². The number of carbonyl (C=O) groups excluding carboxylic acids is 2. The minimum atomic E-state index is -3.92. The number of carboxylic acids is 1. The van der Waals surface area contributed by atoms with Crippen LogP contribution in [0.4, 0.5) is 4.79 Å². The zero-order chi connectivity index (χ0) is 23.6. The zero-order valence-corrected chi connectivity index (χ0v) is 18.5. The van der Waals surface area contributed by atoms with Crippen molar-refractivity contribution in [2.75, 3.05) is 20.4 Å². The van der Waals surface area contributed by atoms with Gasteiger partial charge in [-0.3, -0.25) is 20.0 Å². The highest BCUT2D eigenvalue weighted by molar-refractivity contribution is 7.54. The Morgan fingerprint density at radius 1 is 0.938 bits per heavy atom. The van der Waals surface area contributed by atoms with Gasteiger partial charge in [0.1, 0.15) is 12.8 Å². The Kier molecular flexibility index (Phi) is 9.10. The molecule has 0 fully saturated rings. The first-order valence-electron chi connectivity index (χ1n) is 9.49. The Balaban J connectivity index is 2.27. The molecule has 0 bridgehead atoms. The van der Waals surface area contributed by atoms with Gasteiger partial charge in [0, 0.05) is 20.8 Å². The van der Waals surface area contributed by atoms with Gasteiger partial charge in [-0.25, -0.2) is 9.59 Å². The SMILES string of the molecule is COP(=O)(CC(=O)[C@@](NCc1ccccc1)(NC(=O)OCc1ccccc1)C(=O)O)OC. The molecule has 0 aliphatic heterocycles. The summed E-state index contributed by atoms with van der Waals surface area (Å²) >= 11 is 0. The third kappa shape index (κ3) is 6.73. The number of hydrogen-bond acceptors (Lipinski definition) is 8. The second-order valence-electron chi connectivity index (χ2n) is 6.64. The molecule has 0 spiro atoms. The smallest absolute Gasteiger partial charge is 0.409 e. The second-order valence-corrected chi connectivity index (χ2v) is 8.91. The van der Waals surface area contributed by atoms with Crippen LogP contribution in [0.25, 0.3) is 0 Å². The van der Waals surface area contributed by atoms with Crippen molar-refractivity contribution < 1.29 is 37.8 Å². The fraction of sp³-hybridized carbons (Fsp3) is 0.286. The van der Waals surface area contributed by atoms with E-state index in [2.05, 4.69) is 10.6 Å². The predicted octanol–water partition coefficient (Wildman–Crippen LogP) is 2.54. The van der Waals surface area contributed by atoms with E-state index in [1.165, 1.54) is 0 Å². The summed E-state index contributed by atoms with van der Waals surface area (Å²) in [6.45, 7) is -0.244. The van der Waals surface area contributed by atoms with Gasteiger partial charge in [0.05, 0.1) is 0 Å². The summed E-state index contributed by atoms with van der Waals surface area (Å²) in [6.07, 6.45) is -2.05. The fourth-order valence-corrected chi connectivity index (χ4v) is 3.70. The molecule has 3 N–H and O–H groups in total. The maximum atomic E-state index is 13.0. The molecule has 0 aliphatic carbocycles. The molecule has 0 heterocycles. The third-order valence-electron chi connectivity index (χ3n) is 4.54. The van der Waals surface area contributed by atoms with E-state index in [4.69, 9.17) is 13.8 Å². The molecule has 0 saturated carbocycles. The standard InChI is InChI=1S/C21H25N2O8P/c1-29-32(28,30-2)15-18(24)21(19(25)26,22-13-16-9-5-3-6-10-16)23-20(27)31-14-17-11-7-4-8-12-17/h3-12,22H,13-15H2,1-2H3,(H,23,27)(H,25,26)/t21-/m1/s1. The molecular formula is C21H25N2O8P. The van der Waals surface area contributed by atoms with Crippen LogP contribution in [0.5, 0.6) is 0 Å². The van der Waals surface area contributed by atoms with Crippen LogP contribution in [0.3, 0.4) is 0 Å². The van der Waals surface area contributed by atoms with E-state index in [9.17, 15) is 24.1 Å². The van der Waals surface area contributed by atoms with Crippen molar-refractivity contribution in [3.05, 3.63) is 71.8 Å². The Labute approximate surface area is 185 Å². The predicted molar refractivity (Wildman–Crippen MR) is 115 cm³/mol. The minimum absolute atomic E-state index is 0.0951. The first kappa shape index (κ1) is 25.2. The molecule has 0 aromatic heterocycles. The molecular weight excluding hydrogens is 439 g/mol. The Morgan fingerprint density at radius 2 is 1.47 bits per heavy atom. The quantitative estimate of drug-likeness (QED) is 0.245. The highest BCUT2D eigenvalue weighted by Gasteiger charge is 2.50. The summed E-state index contributed by atoms with van der Waals surface area (Å²) in [5.74, 6) is -2.85. The van der Waals surface area contributed by atoms with Crippen LogP contribution < -0.4 is 10.6 Å². The van der Waals surface area contributed by atoms with Gasteiger partial charge < -0.3 is 18.9 Å². The van der Waals surface area contributed by atoms with Crippen LogP contribution >= 0.6 is 7.60 Å². The average molecular weight is 464 g/mol. The number of rotatable bonds is 12. The summed E-state index contributed by atoms with van der Waals surface area (Å²) in [7, 11) is -1.78. The minimum Gasteiger partial charge on any atom is -0.478 e. The highest BCUT2D eigenvalue weighted by atomic mass is 31.2. The molecule has 0 unspecified atom stereocenters. The first-order valence-corrected chi connectivity index (χ1v) is 11.2. The molecule has 11 heteroatoms. The van der Waals surface area contributed by atoms with E-state index >= 15 is 0 Å². The van der Waals surface area contributed by atoms with Crippen LogP contribution in [-0.4, -0.2) is 49.0 Å². The van der Waals surface area contributed by atoms with E-state index < -0.39 is 37.3 Å². The molecule has 0 aliphatic rings. The number of alkyl carbamates (subject to hydrolysis) is 1. The average Bonchev–Trinajstić information content (AvgIpc) is 2.81. The maximum Gasteiger partial charge on any atom is 0.409 e. The Hall–Kier alpha value is -3.04. The summed E-state index contributed by atoms with van der Waals surface area (Å²) < 4.78 is 27.1. The molecule has 172 valence electrons. The van der Waals surface area contributed by atoms with E-state index in [1.54, 1.807) is 60.7 Å². The number of carbonyl (C=O) groups is 3. The van der Waals surface area contributed by atoms with Crippen LogP contribution in [0.1, 0.15) is 11.1 Å². The van der Waals surface area contributed by atoms with Crippen molar-refractivity contribution in [2.24, 2.45) is 0 Å². The van der Waals surface area contributed by atoms with Crippen molar-refractivity contribution >= 4 is 25.4 Å². The lowest BCUT2D eigenvalue weighted by molar-refractivity contribution is -0.151. The molecule has 0 saturated heterocycles. The van der Waals surface area contributed by atoms with Crippen molar-refractivity contribution in [2.45, 2.75) is 18.8 Å². The van der Waals surface area contributed by atoms with Crippen LogP contribution in [-0.2, 0) is 41.1 Å². The van der Waals surface area contributed by atoms with Gasteiger partial charge >= 0.3 is 19.7 Å². The highest BCUT2D eigenvalue weighted by Crippen LogP contribution is 2.46. The number of ether oxygens (including phenoxy) is 1. The number of nitrogens with one attached hydrogen (secondary N) is 2. The summed E-state index contributed by atoms with van der Waals surface area (Å²) in [4.78, 5) is 37.7. The van der Waals surface area contributed by atoms with Crippen molar-refractivity contribution in [1.82, 2.24) is 10.6 Å². The van der Waals surface area contributed by atoms with Gasteiger partial charge in [-0.2, -0.15) is 0 Å². The third-order valence-corrected chi connectivity index (χ3v) is 6.32. The van der Waals surface area contributed by atoms with Gasteiger partial charge in [-0.05, 0) is 11.1 Å². The lowest BCUT2D eigenvalue weighted by atomic mass is 10.1. The van der Waals surface area contributed by atoms with E-state index in [0.717, 1.165) is 14.2 Å². The number of benzene rings is 2. The van der Waals surface area contributed by atoms with E-state index in [-0.39, 0.29) is 13.2 Å². The van der Waals surface area contributed by atoms with Crippen molar-refractivity contribution in [1.29, 1.82) is 0 Å². The van der Waals surface area contributed by atoms with Gasteiger partial charge in [-0.1, -0.05) is 60.7 Å². The first-order chi connectivity index (χ1) is 15.2. The molecule has 1 atom stereocenters. The summed E-state index contributed by atoms with van der Waals surface area (Å²) in [5, 5.41) is 14.6. The molecule has 10 nitrogen and oxygen atoms in total. The Bertz CT molecular complexity index is 962. The molecule has 32 heavy (non-hydrogen) atoms. The van der Waals surface area contributed by atoms with Gasteiger partial charge in [0.25, 0.3) is 5.66 Å². The molecule has 2 aromatic rings. The summed E-state index contributed by atoms with van der Waals surface area (Å²) in [5.41, 5.74) is -1.33. The lowest BCUT2D eigenvalue weighted by Gasteiger charge is -2.30. The monoisotopic (exact) mass is 464 g/mol. The molecule has 2 rings (SSSR count). The second kappa shape index (κ2) is 11.5. The van der Waals surface area contributed by atoms with E-state index in [0.29, 0.717) is 11.1 Å². The van der Waals surface area contributed by atoms with Gasteiger partial charge in [0.2, 0.25) is 0 Å². The topological polar surface area (TPSA) is 140 Å². The number of aliphatic carboxylic acids is 1. The zero-order valence-electron chi connectivity index (χ0n) is 17.6. The Morgan fingerprint density at radius 3 is 1.97 bits per heavy atom. The number of amides is 1. The van der Waals surface area contributed by atoms with E-state index in [1.807, 2.05) is 0 Å². The lowest BCUT2D eigenvalue weighted by Crippen LogP contribution is -2.69. The summed E-state index contributed by atoms with van der Waals surface area (Å²) in [6, 6.07) is 17.3. The van der Waals surface area contributed by atoms with Crippen LogP contribution in [0.15, 0.2) is 60.7 Å². The van der Waals surface area contributed by atoms with Gasteiger partial charge in [-0.15, -0.1) is 0 Å². The number of Topliss-reactive ketones (excluding diaryl/α,β-unsaturated/α-hetero) is 1. The van der Waals surface area contributed by atoms with Gasteiger partial charge in [0.15, 0.2) is 5.78 Å². The van der Waals surface area contributed by atoms with Crippen molar-refractivity contribution in [3.8, 4) is 0 Å².